The molecule has 20 heavy (non-hydrogen) atoms. The normalized spacial score (nSPS) is 27.6. The summed E-state index contributed by atoms with van der Waals surface area (Å²) in [6.45, 7) is 0. The van der Waals surface area contributed by atoms with Crippen molar-refractivity contribution in [3.05, 3.63) is 33.3 Å². The summed E-state index contributed by atoms with van der Waals surface area (Å²) in [5, 5.41) is 13.8. The lowest BCUT2D eigenvalue weighted by Gasteiger charge is -2.21. The molecule has 3 atom stereocenters. The van der Waals surface area contributed by atoms with Crippen molar-refractivity contribution in [2.75, 3.05) is 5.32 Å². The summed E-state index contributed by atoms with van der Waals surface area (Å²) in [5.74, 6) is 1.12. The van der Waals surface area contributed by atoms with E-state index in [0.717, 1.165) is 19.3 Å². The van der Waals surface area contributed by atoms with Gasteiger partial charge in [0, 0.05) is 18.1 Å². The molecule has 5 nitrogen and oxygen atoms in total. The summed E-state index contributed by atoms with van der Waals surface area (Å²) in [5.41, 5.74) is 0.256. The predicted octanol–water partition coefficient (Wildman–Crippen LogP) is 3.62. The summed E-state index contributed by atoms with van der Waals surface area (Å²) in [6, 6.07) is 4.08. The van der Waals surface area contributed by atoms with E-state index in [1.807, 2.05) is 0 Å². The number of nitrogens with one attached hydrogen (secondary N) is 1. The molecule has 0 spiro atoms. The van der Waals surface area contributed by atoms with E-state index in [1.165, 1.54) is 24.6 Å². The van der Waals surface area contributed by atoms with Crippen molar-refractivity contribution in [2.45, 2.75) is 25.7 Å². The van der Waals surface area contributed by atoms with Gasteiger partial charge in [-0.2, -0.15) is 0 Å². The predicted molar refractivity (Wildman–Crippen MR) is 75.7 cm³/mol. The molecule has 0 aromatic heterocycles. The van der Waals surface area contributed by atoms with E-state index in [2.05, 4.69) is 5.32 Å². The Balaban J connectivity index is 1.75. The summed E-state index contributed by atoms with van der Waals surface area (Å²) >= 11 is 5.99. The van der Waals surface area contributed by atoms with Crippen molar-refractivity contribution < 1.29 is 9.72 Å². The first kappa shape index (κ1) is 13.4. The van der Waals surface area contributed by atoms with Gasteiger partial charge in [0.1, 0.15) is 0 Å². The van der Waals surface area contributed by atoms with Crippen LogP contribution in [0, 0.1) is 27.9 Å². The molecule has 1 aromatic rings. The van der Waals surface area contributed by atoms with Crippen molar-refractivity contribution in [3.8, 4) is 0 Å². The van der Waals surface area contributed by atoms with Crippen LogP contribution < -0.4 is 5.32 Å². The molecule has 1 N–H and O–H groups in total. The third-order valence-corrected chi connectivity index (χ3v) is 4.82. The van der Waals surface area contributed by atoms with Crippen molar-refractivity contribution in [2.24, 2.45) is 17.8 Å². The van der Waals surface area contributed by atoms with Gasteiger partial charge in [-0.05, 0) is 37.2 Å². The van der Waals surface area contributed by atoms with Crippen molar-refractivity contribution in [3.63, 3.8) is 0 Å². The van der Waals surface area contributed by atoms with Gasteiger partial charge in [0.15, 0.2) is 0 Å². The second-order valence-corrected chi connectivity index (χ2v) is 6.10. The van der Waals surface area contributed by atoms with E-state index in [4.69, 9.17) is 11.6 Å². The Morgan fingerprint density at radius 1 is 1.35 bits per heavy atom. The minimum Gasteiger partial charge on any atom is -0.324 e. The number of halogens is 1. The maximum absolute atomic E-state index is 12.3. The molecule has 0 heterocycles. The van der Waals surface area contributed by atoms with Gasteiger partial charge in [-0.3, -0.25) is 14.9 Å². The van der Waals surface area contributed by atoms with Crippen LogP contribution in [0.15, 0.2) is 18.2 Å². The molecule has 2 aliphatic rings. The lowest BCUT2D eigenvalue weighted by atomic mass is 9.88. The third-order valence-electron chi connectivity index (χ3n) is 4.49. The molecule has 2 saturated carbocycles. The Labute approximate surface area is 121 Å². The molecule has 6 heteroatoms. The van der Waals surface area contributed by atoms with Crippen molar-refractivity contribution >= 4 is 28.9 Å². The fraction of sp³-hybridized carbons (Fsp3) is 0.500. The van der Waals surface area contributed by atoms with Gasteiger partial charge in [-0.1, -0.05) is 18.0 Å². The third kappa shape index (κ3) is 2.38. The number of benzene rings is 1. The maximum Gasteiger partial charge on any atom is 0.271 e. The van der Waals surface area contributed by atoms with Gasteiger partial charge in [-0.15, -0.1) is 0 Å². The lowest BCUT2D eigenvalue weighted by Crippen LogP contribution is -2.27. The first-order chi connectivity index (χ1) is 9.54. The molecule has 2 fully saturated rings. The van der Waals surface area contributed by atoms with Gasteiger partial charge in [0.2, 0.25) is 5.91 Å². The largest absolute Gasteiger partial charge is 0.324 e. The van der Waals surface area contributed by atoms with Gasteiger partial charge in [0.25, 0.3) is 5.69 Å². The van der Waals surface area contributed by atoms with Crippen LogP contribution in [-0.2, 0) is 4.79 Å². The number of amides is 1. The number of non-ortho nitro benzene ring substituents is 1. The van der Waals surface area contributed by atoms with Crippen LogP contribution in [0.25, 0.3) is 0 Å². The highest BCUT2D eigenvalue weighted by Gasteiger charge is 2.43. The number of hydrogen-bond donors (Lipinski definition) is 1. The van der Waals surface area contributed by atoms with Gasteiger partial charge >= 0.3 is 0 Å². The molecule has 3 rings (SSSR count). The van der Waals surface area contributed by atoms with Crippen LogP contribution in [0.1, 0.15) is 25.7 Å². The van der Waals surface area contributed by atoms with Gasteiger partial charge < -0.3 is 5.32 Å². The standard InChI is InChI=1S/C14H15ClN2O3/c15-12-4-3-10(17(19)20)7-13(12)16-14(18)11-6-8-1-2-9(11)5-8/h3-4,7-9,11H,1-2,5-6H2,(H,16,18)/t8-,9-,11+/m1/s1. The van der Waals surface area contributed by atoms with E-state index < -0.39 is 4.92 Å². The molecular formula is C14H15ClN2O3. The van der Waals surface area contributed by atoms with Crippen LogP contribution in [0.2, 0.25) is 5.02 Å². The molecule has 1 aromatic carbocycles. The van der Waals surface area contributed by atoms with Gasteiger partial charge in [0.05, 0.1) is 15.6 Å². The second-order valence-electron chi connectivity index (χ2n) is 5.69. The van der Waals surface area contributed by atoms with Crippen LogP contribution in [0.3, 0.4) is 0 Å². The van der Waals surface area contributed by atoms with Crippen LogP contribution in [0.5, 0.6) is 0 Å². The van der Waals surface area contributed by atoms with E-state index in [0.29, 0.717) is 22.5 Å². The number of hydrogen-bond acceptors (Lipinski definition) is 3. The number of carbonyl (C=O) groups excluding carboxylic acids is 1. The van der Waals surface area contributed by atoms with E-state index in [9.17, 15) is 14.9 Å². The van der Waals surface area contributed by atoms with Gasteiger partial charge in [-0.25, -0.2) is 0 Å². The van der Waals surface area contributed by atoms with E-state index in [1.54, 1.807) is 0 Å². The van der Waals surface area contributed by atoms with Crippen molar-refractivity contribution in [1.29, 1.82) is 0 Å². The molecule has 0 unspecified atom stereocenters. The zero-order valence-corrected chi connectivity index (χ0v) is 11.6. The van der Waals surface area contributed by atoms with E-state index in [-0.39, 0.29) is 17.5 Å². The Bertz CT molecular complexity index is 576. The molecule has 106 valence electrons. The van der Waals surface area contributed by atoms with Crippen LogP contribution >= 0.6 is 11.6 Å². The Kier molecular flexibility index (Phi) is 3.38. The molecule has 2 aliphatic carbocycles. The molecule has 0 saturated heterocycles. The first-order valence-electron chi connectivity index (χ1n) is 6.79. The number of nitro groups is 1. The summed E-state index contributed by atoms with van der Waals surface area (Å²) in [7, 11) is 0. The topological polar surface area (TPSA) is 72.2 Å². The average molecular weight is 295 g/mol. The lowest BCUT2D eigenvalue weighted by molar-refractivity contribution is -0.384. The zero-order valence-electron chi connectivity index (χ0n) is 10.8. The quantitative estimate of drug-likeness (QED) is 0.683. The highest BCUT2D eigenvalue weighted by atomic mass is 35.5. The maximum atomic E-state index is 12.3. The summed E-state index contributed by atoms with van der Waals surface area (Å²) in [6.07, 6.45) is 4.42. The SMILES string of the molecule is O=C(Nc1cc([N+](=O)[O-])ccc1Cl)[C@H]1C[C@@H]2CC[C@@H]1C2. The summed E-state index contributed by atoms with van der Waals surface area (Å²) in [4.78, 5) is 22.6. The molecular weight excluding hydrogens is 280 g/mol. The number of fused-ring (bicyclic) bond motifs is 2. The van der Waals surface area contributed by atoms with Crippen LogP contribution in [-0.4, -0.2) is 10.8 Å². The minimum absolute atomic E-state index is 0.0316. The Morgan fingerprint density at radius 2 is 2.15 bits per heavy atom. The Morgan fingerprint density at radius 3 is 2.75 bits per heavy atom. The zero-order chi connectivity index (χ0) is 14.3. The molecule has 0 aliphatic heterocycles. The number of nitro benzene ring substituents is 1. The fourth-order valence-electron chi connectivity index (χ4n) is 3.51. The fourth-order valence-corrected chi connectivity index (χ4v) is 3.68. The van der Waals surface area contributed by atoms with Crippen molar-refractivity contribution in [1.82, 2.24) is 0 Å². The van der Waals surface area contributed by atoms with E-state index >= 15 is 0 Å². The van der Waals surface area contributed by atoms with Crippen LogP contribution in [0.4, 0.5) is 11.4 Å². The smallest absolute Gasteiger partial charge is 0.271 e. The highest BCUT2D eigenvalue weighted by molar-refractivity contribution is 6.33. The minimum atomic E-state index is -0.497. The molecule has 1 amide bonds. The highest BCUT2D eigenvalue weighted by Crippen LogP contribution is 2.48. The molecule has 0 radical (unpaired) electrons. The average Bonchev–Trinajstić information content (AvgIpc) is 3.03. The number of carbonyl (C=O) groups is 1. The monoisotopic (exact) mass is 294 g/mol. The summed E-state index contributed by atoms with van der Waals surface area (Å²) < 4.78 is 0. The first-order valence-corrected chi connectivity index (χ1v) is 7.17. The molecule has 2 bridgehead atoms. The number of anilines is 1. The number of nitrogens with zero attached hydrogens (tertiary/aromatic N) is 1. The second kappa shape index (κ2) is 5.05. The Hall–Kier alpha value is -1.62. The number of rotatable bonds is 3.